The summed E-state index contributed by atoms with van der Waals surface area (Å²) < 4.78 is 27.0. The van der Waals surface area contributed by atoms with Gasteiger partial charge in [0, 0.05) is 5.69 Å². The molecule has 2 rings (SSSR count). The van der Waals surface area contributed by atoms with Crippen LogP contribution in [-0.2, 0) is 10.0 Å². The normalized spacial score (nSPS) is 11.3. The third kappa shape index (κ3) is 2.88. The highest BCUT2D eigenvalue weighted by Gasteiger charge is 2.16. The van der Waals surface area contributed by atoms with Crippen molar-refractivity contribution in [3.63, 3.8) is 0 Å². The Balaban J connectivity index is 2.37. The van der Waals surface area contributed by atoms with Gasteiger partial charge in [0.2, 0.25) is 0 Å². The lowest BCUT2D eigenvalue weighted by Crippen LogP contribution is -2.14. The lowest BCUT2D eigenvalue weighted by molar-refractivity contribution is 0.471. The number of aryl methyl sites for hydroxylation is 2. The third-order valence-corrected chi connectivity index (χ3v) is 4.37. The summed E-state index contributed by atoms with van der Waals surface area (Å²) in [5.74, 6) is 0.138. The molecule has 0 radical (unpaired) electrons. The molecule has 0 amide bonds. The number of aromatic hydroxyl groups is 1. The standard InChI is InChI=1S/C14H15NO3S/c1-10-5-3-4-6-14(10)19(17,18)15-12-7-8-13(16)11(2)9-12/h3-9,15-16H,1-2H3. The van der Waals surface area contributed by atoms with Gasteiger partial charge in [0.25, 0.3) is 10.0 Å². The van der Waals surface area contributed by atoms with E-state index in [-0.39, 0.29) is 10.6 Å². The molecular formula is C14H15NO3S. The first-order valence-corrected chi connectivity index (χ1v) is 7.26. The second kappa shape index (κ2) is 4.93. The summed E-state index contributed by atoms with van der Waals surface area (Å²) in [6.45, 7) is 3.46. The van der Waals surface area contributed by atoms with Crippen molar-refractivity contribution in [2.45, 2.75) is 18.7 Å². The molecule has 2 aromatic carbocycles. The summed E-state index contributed by atoms with van der Waals surface area (Å²) in [4.78, 5) is 0.251. The number of rotatable bonds is 3. The summed E-state index contributed by atoms with van der Waals surface area (Å²) in [6.07, 6.45) is 0. The van der Waals surface area contributed by atoms with Gasteiger partial charge in [-0.1, -0.05) is 18.2 Å². The molecular weight excluding hydrogens is 262 g/mol. The molecule has 0 aliphatic heterocycles. The Bertz CT molecular complexity index is 708. The van der Waals surface area contributed by atoms with Crippen LogP contribution in [0.25, 0.3) is 0 Å². The zero-order valence-electron chi connectivity index (χ0n) is 10.7. The topological polar surface area (TPSA) is 66.4 Å². The number of anilines is 1. The van der Waals surface area contributed by atoms with Crippen molar-refractivity contribution < 1.29 is 13.5 Å². The van der Waals surface area contributed by atoms with Gasteiger partial charge in [-0.15, -0.1) is 0 Å². The van der Waals surface area contributed by atoms with Crippen LogP contribution < -0.4 is 4.72 Å². The number of sulfonamides is 1. The van der Waals surface area contributed by atoms with Crippen molar-refractivity contribution >= 4 is 15.7 Å². The number of hydrogen-bond acceptors (Lipinski definition) is 3. The fraction of sp³-hybridized carbons (Fsp3) is 0.143. The molecule has 0 bridgehead atoms. The highest BCUT2D eigenvalue weighted by atomic mass is 32.2. The first kappa shape index (κ1) is 13.4. The predicted molar refractivity (Wildman–Crippen MR) is 74.8 cm³/mol. The summed E-state index contributed by atoms with van der Waals surface area (Å²) in [5, 5.41) is 9.43. The van der Waals surface area contributed by atoms with Gasteiger partial charge in [-0.3, -0.25) is 4.72 Å². The van der Waals surface area contributed by atoms with E-state index >= 15 is 0 Å². The summed E-state index contributed by atoms with van der Waals surface area (Å²) in [6, 6.07) is 11.4. The average Bonchev–Trinajstić information content (AvgIpc) is 2.34. The maximum Gasteiger partial charge on any atom is 0.262 e. The molecule has 19 heavy (non-hydrogen) atoms. The molecule has 0 aliphatic carbocycles. The first-order valence-electron chi connectivity index (χ1n) is 5.78. The molecule has 0 fully saturated rings. The van der Waals surface area contributed by atoms with Crippen molar-refractivity contribution in [2.24, 2.45) is 0 Å². The Morgan fingerprint density at radius 3 is 2.32 bits per heavy atom. The molecule has 0 saturated heterocycles. The maximum absolute atomic E-state index is 12.2. The van der Waals surface area contributed by atoms with E-state index in [1.54, 1.807) is 44.2 Å². The molecule has 100 valence electrons. The monoisotopic (exact) mass is 277 g/mol. The second-order valence-corrected chi connectivity index (χ2v) is 6.02. The number of phenolic OH excluding ortho intramolecular Hbond substituents is 1. The maximum atomic E-state index is 12.2. The van der Waals surface area contributed by atoms with Crippen LogP contribution in [0, 0.1) is 13.8 Å². The molecule has 0 unspecified atom stereocenters. The fourth-order valence-electron chi connectivity index (χ4n) is 1.79. The van der Waals surface area contributed by atoms with E-state index in [1.165, 1.54) is 12.1 Å². The van der Waals surface area contributed by atoms with Crippen LogP contribution in [0.4, 0.5) is 5.69 Å². The molecule has 5 heteroatoms. The zero-order valence-corrected chi connectivity index (χ0v) is 11.5. The predicted octanol–water partition coefficient (Wildman–Crippen LogP) is 2.81. The average molecular weight is 277 g/mol. The van der Waals surface area contributed by atoms with E-state index in [2.05, 4.69) is 4.72 Å². The van der Waals surface area contributed by atoms with Crippen molar-refractivity contribution in [1.82, 2.24) is 0 Å². The molecule has 2 N–H and O–H groups in total. The van der Waals surface area contributed by atoms with Crippen molar-refractivity contribution in [3.8, 4) is 5.75 Å². The van der Waals surface area contributed by atoms with E-state index in [0.717, 1.165) is 0 Å². The zero-order chi connectivity index (χ0) is 14.0. The molecule has 4 nitrogen and oxygen atoms in total. The van der Waals surface area contributed by atoms with Crippen molar-refractivity contribution in [1.29, 1.82) is 0 Å². The second-order valence-electron chi connectivity index (χ2n) is 4.37. The summed E-state index contributed by atoms with van der Waals surface area (Å²) in [7, 11) is -3.61. The molecule has 0 aromatic heterocycles. The Morgan fingerprint density at radius 2 is 1.68 bits per heavy atom. The van der Waals surface area contributed by atoms with Gasteiger partial charge in [0.05, 0.1) is 4.90 Å². The fourth-order valence-corrected chi connectivity index (χ4v) is 3.08. The van der Waals surface area contributed by atoms with Crippen LogP contribution in [0.1, 0.15) is 11.1 Å². The van der Waals surface area contributed by atoms with E-state index in [4.69, 9.17) is 0 Å². The SMILES string of the molecule is Cc1cc(NS(=O)(=O)c2ccccc2C)ccc1O. The van der Waals surface area contributed by atoms with Gasteiger partial charge >= 0.3 is 0 Å². The number of hydrogen-bond donors (Lipinski definition) is 2. The number of nitrogens with one attached hydrogen (secondary N) is 1. The Labute approximate surface area is 112 Å². The minimum atomic E-state index is -3.61. The Hall–Kier alpha value is -2.01. The van der Waals surface area contributed by atoms with Gasteiger partial charge in [0.1, 0.15) is 5.75 Å². The first-order chi connectivity index (χ1) is 8.90. The van der Waals surface area contributed by atoms with E-state index in [0.29, 0.717) is 16.8 Å². The number of phenols is 1. The minimum absolute atomic E-state index is 0.138. The van der Waals surface area contributed by atoms with Gasteiger partial charge in [-0.05, 0) is 49.2 Å². The van der Waals surface area contributed by atoms with Crippen LogP contribution in [-0.4, -0.2) is 13.5 Å². The third-order valence-electron chi connectivity index (χ3n) is 2.83. The summed E-state index contributed by atoms with van der Waals surface area (Å²) >= 11 is 0. The lowest BCUT2D eigenvalue weighted by atomic mass is 10.2. The molecule has 0 heterocycles. The highest BCUT2D eigenvalue weighted by molar-refractivity contribution is 7.92. The highest BCUT2D eigenvalue weighted by Crippen LogP contribution is 2.23. The van der Waals surface area contributed by atoms with Crippen LogP contribution in [0.2, 0.25) is 0 Å². The van der Waals surface area contributed by atoms with Gasteiger partial charge in [-0.25, -0.2) is 8.42 Å². The van der Waals surface area contributed by atoms with E-state index in [1.807, 2.05) is 0 Å². The quantitative estimate of drug-likeness (QED) is 0.848. The lowest BCUT2D eigenvalue weighted by Gasteiger charge is -2.11. The smallest absolute Gasteiger partial charge is 0.262 e. The summed E-state index contributed by atoms with van der Waals surface area (Å²) in [5.41, 5.74) is 1.73. The van der Waals surface area contributed by atoms with Crippen LogP contribution in [0.15, 0.2) is 47.4 Å². The molecule has 2 aromatic rings. The van der Waals surface area contributed by atoms with Crippen LogP contribution >= 0.6 is 0 Å². The number of benzene rings is 2. The van der Waals surface area contributed by atoms with E-state index < -0.39 is 10.0 Å². The van der Waals surface area contributed by atoms with Crippen LogP contribution in [0.5, 0.6) is 5.75 Å². The Morgan fingerprint density at radius 1 is 1.00 bits per heavy atom. The molecule has 0 spiro atoms. The van der Waals surface area contributed by atoms with Crippen molar-refractivity contribution in [2.75, 3.05) is 4.72 Å². The van der Waals surface area contributed by atoms with Gasteiger partial charge in [0.15, 0.2) is 0 Å². The largest absolute Gasteiger partial charge is 0.508 e. The molecule has 0 saturated carbocycles. The van der Waals surface area contributed by atoms with Gasteiger partial charge in [-0.2, -0.15) is 0 Å². The molecule has 0 atom stereocenters. The van der Waals surface area contributed by atoms with Crippen molar-refractivity contribution in [3.05, 3.63) is 53.6 Å². The molecule has 0 aliphatic rings. The van der Waals surface area contributed by atoms with E-state index in [9.17, 15) is 13.5 Å². The Kier molecular flexibility index (Phi) is 3.48. The minimum Gasteiger partial charge on any atom is -0.508 e. The van der Waals surface area contributed by atoms with Crippen LogP contribution in [0.3, 0.4) is 0 Å². The van der Waals surface area contributed by atoms with Gasteiger partial charge < -0.3 is 5.11 Å².